The van der Waals surface area contributed by atoms with Gasteiger partial charge < -0.3 is 9.64 Å². The lowest BCUT2D eigenvalue weighted by atomic mass is 10.1. The minimum absolute atomic E-state index is 0.00521. The maximum atomic E-state index is 12.7. The number of thiazole rings is 1. The van der Waals surface area contributed by atoms with Crippen LogP contribution >= 0.6 is 11.3 Å². The van der Waals surface area contributed by atoms with Gasteiger partial charge in [0.25, 0.3) is 5.69 Å². The summed E-state index contributed by atoms with van der Waals surface area (Å²) >= 11 is 1.52. The van der Waals surface area contributed by atoms with Crippen molar-refractivity contribution in [2.24, 2.45) is 0 Å². The molecule has 1 saturated heterocycles. The molecule has 2 aromatic rings. The van der Waals surface area contributed by atoms with Crippen LogP contribution in [0.3, 0.4) is 0 Å². The molecule has 1 amide bonds. The SMILES string of the molecule is Cc1csc([C@@H]2COCCN2C(=O)Cc2cccc([N+](=O)[O-])c2)n1. The number of nitro benzene ring substituents is 1. The summed E-state index contributed by atoms with van der Waals surface area (Å²) in [6.07, 6.45) is 0.128. The van der Waals surface area contributed by atoms with Crippen LogP contribution in [-0.4, -0.2) is 40.5 Å². The lowest BCUT2D eigenvalue weighted by Gasteiger charge is -2.34. The van der Waals surface area contributed by atoms with Gasteiger partial charge in [0.15, 0.2) is 0 Å². The molecule has 0 unspecified atom stereocenters. The number of morpholine rings is 1. The van der Waals surface area contributed by atoms with Crippen LogP contribution in [0.1, 0.15) is 22.3 Å². The molecule has 0 spiro atoms. The van der Waals surface area contributed by atoms with Crippen LogP contribution in [0.15, 0.2) is 29.6 Å². The third-order valence-corrected chi connectivity index (χ3v) is 4.91. The normalized spacial score (nSPS) is 17.7. The monoisotopic (exact) mass is 347 g/mol. The lowest BCUT2D eigenvalue weighted by Crippen LogP contribution is -2.44. The highest BCUT2D eigenvalue weighted by molar-refractivity contribution is 7.09. The molecule has 0 bridgehead atoms. The molecule has 1 aromatic heterocycles. The molecule has 2 heterocycles. The number of nitrogens with zero attached hydrogens (tertiary/aromatic N) is 3. The van der Waals surface area contributed by atoms with Gasteiger partial charge in [-0.05, 0) is 12.5 Å². The Kier molecular flexibility index (Phi) is 4.86. The summed E-state index contributed by atoms with van der Waals surface area (Å²) in [5.74, 6) is -0.0725. The van der Waals surface area contributed by atoms with E-state index in [1.807, 2.05) is 12.3 Å². The first kappa shape index (κ1) is 16.5. The van der Waals surface area contributed by atoms with E-state index in [4.69, 9.17) is 4.74 Å². The van der Waals surface area contributed by atoms with Crippen LogP contribution in [0.2, 0.25) is 0 Å². The van der Waals surface area contributed by atoms with Crippen molar-refractivity contribution in [3.63, 3.8) is 0 Å². The molecule has 0 N–H and O–H groups in total. The molecular formula is C16H17N3O4S. The number of amides is 1. The fourth-order valence-electron chi connectivity index (χ4n) is 2.69. The number of rotatable bonds is 4. The molecule has 1 aliphatic heterocycles. The number of nitro groups is 1. The summed E-state index contributed by atoms with van der Waals surface area (Å²) in [7, 11) is 0. The second-order valence-electron chi connectivity index (χ2n) is 5.61. The van der Waals surface area contributed by atoms with Crippen LogP contribution in [0.25, 0.3) is 0 Å². The van der Waals surface area contributed by atoms with E-state index in [0.717, 1.165) is 10.7 Å². The maximum absolute atomic E-state index is 12.7. The molecule has 0 aliphatic carbocycles. The van der Waals surface area contributed by atoms with Gasteiger partial charge >= 0.3 is 0 Å². The van der Waals surface area contributed by atoms with Gasteiger partial charge in [0, 0.05) is 29.8 Å². The zero-order valence-electron chi connectivity index (χ0n) is 13.2. The van der Waals surface area contributed by atoms with E-state index in [1.54, 1.807) is 17.0 Å². The molecule has 126 valence electrons. The van der Waals surface area contributed by atoms with E-state index in [9.17, 15) is 14.9 Å². The first-order valence-electron chi connectivity index (χ1n) is 7.57. The van der Waals surface area contributed by atoms with Crippen molar-refractivity contribution in [3.8, 4) is 0 Å². The fraction of sp³-hybridized carbons (Fsp3) is 0.375. The number of carbonyl (C=O) groups is 1. The molecule has 1 atom stereocenters. The number of non-ortho nitro benzene ring substituents is 1. The third-order valence-electron chi connectivity index (χ3n) is 3.85. The maximum Gasteiger partial charge on any atom is 0.269 e. The van der Waals surface area contributed by atoms with E-state index in [2.05, 4.69) is 4.98 Å². The van der Waals surface area contributed by atoms with Crippen molar-refractivity contribution in [2.45, 2.75) is 19.4 Å². The van der Waals surface area contributed by atoms with Crippen LogP contribution in [0.4, 0.5) is 5.69 Å². The van der Waals surface area contributed by atoms with E-state index >= 15 is 0 Å². The van der Waals surface area contributed by atoms with Gasteiger partial charge in [-0.1, -0.05) is 12.1 Å². The fourth-order valence-corrected chi connectivity index (χ4v) is 3.58. The van der Waals surface area contributed by atoms with E-state index in [-0.39, 0.29) is 24.1 Å². The number of aromatic nitrogens is 1. The van der Waals surface area contributed by atoms with Crippen molar-refractivity contribution in [2.75, 3.05) is 19.8 Å². The Morgan fingerprint density at radius 1 is 1.54 bits per heavy atom. The highest BCUT2D eigenvalue weighted by atomic mass is 32.1. The summed E-state index contributed by atoms with van der Waals surface area (Å²) in [5, 5.41) is 13.7. The number of aryl methyl sites for hydroxylation is 1. The van der Waals surface area contributed by atoms with Crippen LogP contribution in [-0.2, 0) is 16.0 Å². The molecule has 3 rings (SSSR count). The molecule has 24 heavy (non-hydrogen) atoms. The third kappa shape index (κ3) is 3.60. The molecular weight excluding hydrogens is 330 g/mol. The number of benzene rings is 1. The Morgan fingerprint density at radius 2 is 2.38 bits per heavy atom. The van der Waals surface area contributed by atoms with Gasteiger partial charge in [0.05, 0.1) is 24.6 Å². The molecule has 1 aliphatic rings. The molecule has 1 fully saturated rings. The summed E-state index contributed by atoms with van der Waals surface area (Å²) < 4.78 is 5.51. The first-order chi connectivity index (χ1) is 11.5. The Labute approximate surface area is 143 Å². The Morgan fingerprint density at radius 3 is 3.08 bits per heavy atom. The second-order valence-corrected chi connectivity index (χ2v) is 6.50. The topological polar surface area (TPSA) is 85.6 Å². The number of hydrogen-bond donors (Lipinski definition) is 0. The summed E-state index contributed by atoms with van der Waals surface area (Å²) in [5.41, 5.74) is 1.55. The summed E-state index contributed by atoms with van der Waals surface area (Å²) in [6, 6.07) is 6.00. The smallest absolute Gasteiger partial charge is 0.269 e. The zero-order valence-corrected chi connectivity index (χ0v) is 14.0. The molecule has 8 heteroatoms. The van der Waals surface area contributed by atoms with E-state index in [0.29, 0.717) is 25.3 Å². The Hall–Kier alpha value is -2.32. The van der Waals surface area contributed by atoms with Gasteiger partial charge in [-0.15, -0.1) is 11.3 Å². The van der Waals surface area contributed by atoms with Gasteiger partial charge in [-0.2, -0.15) is 0 Å². The number of carbonyl (C=O) groups excluding carboxylic acids is 1. The minimum atomic E-state index is -0.455. The summed E-state index contributed by atoms with van der Waals surface area (Å²) in [6.45, 7) is 3.32. The van der Waals surface area contributed by atoms with Crippen molar-refractivity contribution in [3.05, 3.63) is 56.0 Å². The number of ether oxygens (including phenoxy) is 1. The van der Waals surface area contributed by atoms with E-state index in [1.165, 1.54) is 23.5 Å². The predicted octanol–water partition coefficient (Wildman–Crippen LogP) is 2.50. The molecule has 1 aromatic carbocycles. The largest absolute Gasteiger partial charge is 0.377 e. The summed E-state index contributed by atoms with van der Waals surface area (Å²) in [4.78, 5) is 29.4. The van der Waals surface area contributed by atoms with Gasteiger partial charge in [-0.3, -0.25) is 14.9 Å². The zero-order chi connectivity index (χ0) is 17.1. The van der Waals surface area contributed by atoms with Crippen molar-refractivity contribution < 1.29 is 14.5 Å². The van der Waals surface area contributed by atoms with Crippen LogP contribution in [0.5, 0.6) is 0 Å². The second kappa shape index (κ2) is 7.06. The number of hydrogen-bond acceptors (Lipinski definition) is 6. The molecule has 0 saturated carbocycles. The quantitative estimate of drug-likeness (QED) is 0.626. The average molecular weight is 347 g/mol. The van der Waals surface area contributed by atoms with Gasteiger partial charge in [0.1, 0.15) is 11.0 Å². The minimum Gasteiger partial charge on any atom is -0.377 e. The van der Waals surface area contributed by atoms with Gasteiger partial charge in [0.2, 0.25) is 5.91 Å². The van der Waals surface area contributed by atoms with Crippen molar-refractivity contribution in [1.82, 2.24) is 9.88 Å². The Balaban J connectivity index is 1.77. The lowest BCUT2D eigenvalue weighted by molar-refractivity contribution is -0.384. The highest BCUT2D eigenvalue weighted by Crippen LogP contribution is 2.27. The molecule has 7 nitrogen and oxygen atoms in total. The highest BCUT2D eigenvalue weighted by Gasteiger charge is 2.30. The Bertz CT molecular complexity index is 761. The van der Waals surface area contributed by atoms with E-state index < -0.39 is 4.92 Å². The van der Waals surface area contributed by atoms with Crippen LogP contribution < -0.4 is 0 Å². The standard InChI is InChI=1S/C16H17N3O4S/c1-11-10-24-16(17-11)14-9-23-6-5-18(14)15(20)8-12-3-2-4-13(7-12)19(21)22/h2-4,7,10,14H,5-6,8-9H2,1H3/t14-/m0/s1. The van der Waals surface area contributed by atoms with Gasteiger partial charge in [-0.25, -0.2) is 4.98 Å². The predicted molar refractivity (Wildman–Crippen MR) is 88.9 cm³/mol. The first-order valence-corrected chi connectivity index (χ1v) is 8.45. The molecule has 0 radical (unpaired) electrons. The van der Waals surface area contributed by atoms with Crippen molar-refractivity contribution >= 4 is 22.9 Å². The average Bonchev–Trinajstić information content (AvgIpc) is 3.01. The van der Waals surface area contributed by atoms with Crippen molar-refractivity contribution in [1.29, 1.82) is 0 Å². The van der Waals surface area contributed by atoms with Crippen LogP contribution in [0, 0.1) is 17.0 Å².